The Labute approximate surface area is 123 Å². The standard InChI is InChI=1S/C16H17N3O2/c17-10-12-6-8-15(18-11-12)19-16(21)9-7-14(20)13-4-2-1-3-5-13/h1-6,8,11H,7,9-10,17H2,(H,18,19,21). The van der Waals surface area contributed by atoms with E-state index in [-0.39, 0.29) is 24.5 Å². The minimum atomic E-state index is -0.229. The van der Waals surface area contributed by atoms with E-state index in [2.05, 4.69) is 10.3 Å². The maximum Gasteiger partial charge on any atom is 0.225 e. The van der Waals surface area contributed by atoms with E-state index in [4.69, 9.17) is 5.73 Å². The maximum atomic E-state index is 11.9. The van der Waals surface area contributed by atoms with E-state index in [0.717, 1.165) is 5.56 Å². The van der Waals surface area contributed by atoms with Crippen molar-refractivity contribution in [2.45, 2.75) is 19.4 Å². The molecule has 0 spiro atoms. The highest BCUT2D eigenvalue weighted by atomic mass is 16.2. The van der Waals surface area contributed by atoms with Crippen LogP contribution in [0.1, 0.15) is 28.8 Å². The molecule has 2 aromatic rings. The van der Waals surface area contributed by atoms with Crippen LogP contribution in [-0.4, -0.2) is 16.7 Å². The molecule has 1 aromatic heterocycles. The van der Waals surface area contributed by atoms with Gasteiger partial charge in [0.15, 0.2) is 5.78 Å². The number of pyridine rings is 1. The van der Waals surface area contributed by atoms with Gasteiger partial charge in [0, 0.05) is 31.1 Å². The summed E-state index contributed by atoms with van der Waals surface area (Å²) < 4.78 is 0. The molecule has 0 bridgehead atoms. The minimum absolute atomic E-state index is 0.0443. The molecule has 0 aliphatic heterocycles. The van der Waals surface area contributed by atoms with E-state index in [1.54, 1.807) is 42.6 Å². The first-order chi connectivity index (χ1) is 10.2. The Morgan fingerprint density at radius 2 is 1.81 bits per heavy atom. The number of nitrogens with one attached hydrogen (secondary N) is 1. The maximum absolute atomic E-state index is 11.9. The van der Waals surface area contributed by atoms with Gasteiger partial charge in [0.1, 0.15) is 5.82 Å². The van der Waals surface area contributed by atoms with Crippen LogP contribution in [0.2, 0.25) is 0 Å². The lowest BCUT2D eigenvalue weighted by Crippen LogP contribution is -2.14. The molecule has 0 saturated carbocycles. The van der Waals surface area contributed by atoms with Gasteiger partial charge in [0.05, 0.1) is 0 Å². The fourth-order valence-corrected chi connectivity index (χ4v) is 1.82. The first-order valence-corrected chi connectivity index (χ1v) is 6.72. The van der Waals surface area contributed by atoms with Crippen molar-refractivity contribution in [1.82, 2.24) is 4.98 Å². The lowest BCUT2D eigenvalue weighted by Gasteiger charge is -2.05. The smallest absolute Gasteiger partial charge is 0.225 e. The predicted octanol–water partition coefficient (Wildman–Crippen LogP) is 2.14. The van der Waals surface area contributed by atoms with E-state index >= 15 is 0 Å². The molecule has 0 atom stereocenters. The zero-order valence-corrected chi connectivity index (χ0v) is 11.6. The highest BCUT2D eigenvalue weighted by molar-refractivity contribution is 5.99. The van der Waals surface area contributed by atoms with Crippen LogP contribution < -0.4 is 11.1 Å². The summed E-state index contributed by atoms with van der Waals surface area (Å²) in [4.78, 5) is 27.7. The number of Topliss-reactive ketones (excluding diaryl/α,β-unsaturated/α-hetero) is 1. The lowest BCUT2D eigenvalue weighted by atomic mass is 10.1. The fraction of sp³-hybridized carbons (Fsp3) is 0.188. The molecule has 1 heterocycles. The van der Waals surface area contributed by atoms with E-state index < -0.39 is 0 Å². The van der Waals surface area contributed by atoms with Crippen LogP contribution in [0, 0.1) is 0 Å². The van der Waals surface area contributed by atoms with Crippen molar-refractivity contribution >= 4 is 17.5 Å². The molecule has 0 aliphatic rings. The Morgan fingerprint density at radius 3 is 2.43 bits per heavy atom. The number of rotatable bonds is 6. The van der Waals surface area contributed by atoms with Gasteiger partial charge in [-0.25, -0.2) is 4.98 Å². The third-order valence-corrected chi connectivity index (χ3v) is 3.00. The number of anilines is 1. The Bertz CT molecular complexity index is 609. The van der Waals surface area contributed by atoms with Crippen molar-refractivity contribution in [2.75, 3.05) is 5.32 Å². The van der Waals surface area contributed by atoms with Crippen molar-refractivity contribution in [3.05, 3.63) is 59.8 Å². The van der Waals surface area contributed by atoms with Gasteiger partial charge in [0.2, 0.25) is 5.91 Å². The minimum Gasteiger partial charge on any atom is -0.326 e. The molecular formula is C16H17N3O2. The Kier molecular flexibility index (Phi) is 5.17. The van der Waals surface area contributed by atoms with Gasteiger partial charge in [-0.3, -0.25) is 9.59 Å². The summed E-state index contributed by atoms with van der Waals surface area (Å²) in [5.74, 6) is 0.189. The zero-order valence-electron chi connectivity index (χ0n) is 11.6. The second-order valence-corrected chi connectivity index (χ2v) is 4.59. The third-order valence-electron chi connectivity index (χ3n) is 3.00. The summed E-state index contributed by atoms with van der Waals surface area (Å²) in [6, 6.07) is 12.4. The number of carbonyl (C=O) groups is 2. The van der Waals surface area contributed by atoms with E-state index in [1.807, 2.05) is 6.07 Å². The molecule has 5 nitrogen and oxygen atoms in total. The first-order valence-electron chi connectivity index (χ1n) is 6.72. The number of nitrogens with zero attached hydrogens (tertiary/aromatic N) is 1. The highest BCUT2D eigenvalue weighted by Gasteiger charge is 2.09. The predicted molar refractivity (Wildman–Crippen MR) is 80.8 cm³/mol. The Balaban J connectivity index is 1.83. The van der Waals surface area contributed by atoms with Gasteiger partial charge in [-0.15, -0.1) is 0 Å². The molecule has 0 saturated heterocycles. The van der Waals surface area contributed by atoms with Gasteiger partial charge < -0.3 is 11.1 Å². The van der Waals surface area contributed by atoms with Gasteiger partial charge >= 0.3 is 0 Å². The summed E-state index contributed by atoms with van der Waals surface area (Å²) >= 11 is 0. The van der Waals surface area contributed by atoms with Crippen molar-refractivity contribution in [2.24, 2.45) is 5.73 Å². The summed E-state index contributed by atoms with van der Waals surface area (Å²) in [6.07, 6.45) is 1.93. The molecule has 1 amide bonds. The number of hydrogen-bond donors (Lipinski definition) is 2. The number of amides is 1. The van der Waals surface area contributed by atoms with Gasteiger partial charge in [-0.2, -0.15) is 0 Å². The van der Waals surface area contributed by atoms with Crippen molar-refractivity contribution in [3.63, 3.8) is 0 Å². The van der Waals surface area contributed by atoms with Crippen LogP contribution in [0.4, 0.5) is 5.82 Å². The highest BCUT2D eigenvalue weighted by Crippen LogP contribution is 2.08. The monoisotopic (exact) mass is 283 g/mol. The number of benzene rings is 1. The number of ketones is 1. The molecule has 0 radical (unpaired) electrons. The van der Waals surface area contributed by atoms with Crippen LogP contribution >= 0.6 is 0 Å². The molecule has 2 rings (SSSR count). The van der Waals surface area contributed by atoms with Crippen LogP contribution in [0.15, 0.2) is 48.7 Å². The molecule has 21 heavy (non-hydrogen) atoms. The van der Waals surface area contributed by atoms with Gasteiger partial charge in [-0.05, 0) is 11.6 Å². The largest absolute Gasteiger partial charge is 0.326 e. The number of aromatic nitrogens is 1. The molecule has 0 fully saturated rings. The van der Waals surface area contributed by atoms with Crippen LogP contribution in [0.3, 0.4) is 0 Å². The van der Waals surface area contributed by atoms with Crippen molar-refractivity contribution < 1.29 is 9.59 Å². The summed E-state index contributed by atoms with van der Waals surface area (Å²) in [5.41, 5.74) is 6.99. The molecule has 0 unspecified atom stereocenters. The van der Waals surface area contributed by atoms with Gasteiger partial charge in [-0.1, -0.05) is 36.4 Å². The average molecular weight is 283 g/mol. The summed E-state index contributed by atoms with van der Waals surface area (Å²) in [5, 5.41) is 2.66. The molecule has 3 N–H and O–H groups in total. The number of carbonyl (C=O) groups excluding carboxylic acids is 2. The van der Waals surface area contributed by atoms with Crippen molar-refractivity contribution in [1.29, 1.82) is 0 Å². The van der Waals surface area contributed by atoms with Crippen LogP contribution in [0.5, 0.6) is 0 Å². The second-order valence-electron chi connectivity index (χ2n) is 4.59. The van der Waals surface area contributed by atoms with E-state index in [0.29, 0.717) is 17.9 Å². The lowest BCUT2D eigenvalue weighted by molar-refractivity contribution is -0.116. The van der Waals surface area contributed by atoms with Gasteiger partial charge in [0.25, 0.3) is 0 Å². The quantitative estimate of drug-likeness (QED) is 0.795. The SMILES string of the molecule is NCc1ccc(NC(=O)CCC(=O)c2ccccc2)nc1. The molecular weight excluding hydrogens is 266 g/mol. The molecule has 1 aromatic carbocycles. The second kappa shape index (κ2) is 7.31. The molecule has 0 aliphatic carbocycles. The third kappa shape index (κ3) is 4.50. The summed E-state index contributed by atoms with van der Waals surface area (Å²) in [6.45, 7) is 0.410. The zero-order chi connectivity index (χ0) is 15.1. The van der Waals surface area contributed by atoms with Crippen LogP contribution in [0.25, 0.3) is 0 Å². The fourth-order valence-electron chi connectivity index (χ4n) is 1.82. The first kappa shape index (κ1) is 14.9. The summed E-state index contributed by atoms with van der Waals surface area (Å²) in [7, 11) is 0. The van der Waals surface area contributed by atoms with Crippen LogP contribution in [-0.2, 0) is 11.3 Å². The number of hydrogen-bond acceptors (Lipinski definition) is 4. The normalized spacial score (nSPS) is 10.1. The topological polar surface area (TPSA) is 85.1 Å². The van der Waals surface area contributed by atoms with Crippen molar-refractivity contribution in [3.8, 4) is 0 Å². The molecule has 5 heteroatoms. The molecule has 108 valence electrons. The van der Waals surface area contributed by atoms with E-state index in [9.17, 15) is 9.59 Å². The average Bonchev–Trinajstić information content (AvgIpc) is 2.54. The Morgan fingerprint density at radius 1 is 1.05 bits per heavy atom. The Hall–Kier alpha value is -2.53. The number of nitrogens with two attached hydrogens (primary N) is 1. The van der Waals surface area contributed by atoms with E-state index in [1.165, 1.54) is 0 Å².